The Morgan fingerprint density at radius 1 is 1.20 bits per heavy atom. The van der Waals surface area contributed by atoms with Gasteiger partial charge in [-0.3, -0.25) is 9.59 Å². The lowest BCUT2D eigenvalue weighted by Crippen LogP contribution is -2.37. The Morgan fingerprint density at radius 2 is 1.85 bits per heavy atom. The van der Waals surface area contributed by atoms with Gasteiger partial charge >= 0.3 is 0 Å². The van der Waals surface area contributed by atoms with Crippen LogP contribution in [0.4, 0.5) is 0 Å². The molecule has 0 bridgehead atoms. The minimum atomic E-state index is -0.380. The van der Waals surface area contributed by atoms with E-state index in [1.54, 1.807) is 0 Å². The van der Waals surface area contributed by atoms with Crippen molar-refractivity contribution in [3.05, 3.63) is 35.4 Å². The fourth-order valence-corrected chi connectivity index (χ4v) is 3.81. The van der Waals surface area contributed by atoms with Crippen LogP contribution in [-0.2, 0) is 22.4 Å². The standard InChI is InChI=1S/C16H19NO2S/c18-14(13-5-6-17-15(13)16(19)20)9-10-7-11-3-1-2-4-12(11)8-10/h1-4,10,13,15,17H,5-9H2,(H,19,20)/t13?,15-/m0/s1. The van der Waals surface area contributed by atoms with Gasteiger partial charge in [0.15, 0.2) is 0 Å². The second-order valence-corrected chi connectivity index (χ2v) is 6.32. The molecule has 1 aromatic carbocycles. The second-order valence-electron chi connectivity index (χ2n) is 5.88. The molecule has 1 fully saturated rings. The van der Waals surface area contributed by atoms with Gasteiger partial charge in [-0.05, 0) is 42.9 Å². The SMILES string of the molecule is O=C(CC1Cc2ccccc2C1)C1CCN[C@@H]1C(=O)S. The molecule has 4 heteroatoms. The third-order valence-electron chi connectivity index (χ3n) is 4.53. The molecule has 0 aromatic heterocycles. The van der Waals surface area contributed by atoms with Crippen LogP contribution in [0.15, 0.2) is 24.3 Å². The van der Waals surface area contributed by atoms with E-state index in [-0.39, 0.29) is 22.9 Å². The Balaban J connectivity index is 1.62. The van der Waals surface area contributed by atoms with Gasteiger partial charge in [-0.1, -0.05) is 24.3 Å². The molecule has 1 unspecified atom stereocenters. The van der Waals surface area contributed by atoms with Gasteiger partial charge in [0.1, 0.15) is 5.78 Å². The Bertz CT molecular complexity index is 518. The maximum atomic E-state index is 12.4. The van der Waals surface area contributed by atoms with E-state index in [9.17, 15) is 9.59 Å². The molecule has 0 spiro atoms. The first-order valence-corrected chi connectivity index (χ1v) is 7.65. The van der Waals surface area contributed by atoms with Crippen LogP contribution in [0.1, 0.15) is 24.0 Å². The summed E-state index contributed by atoms with van der Waals surface area (Å²) >= 11 is 3.88. The van der Waals surface area contributed by atoms with Crippen LogP contribution in [0, 0.1) is 11.8 Å². The third kappa shape index (κ3) is 2.67. The number of carbonyl (C=O) groups is 2. The van der Waals surface area contributed by atoms with Crippen molar-refractivity contribution in [2.24, 2.45) is 11.8 Å². The van der Waals surface area contributed by atoms with Gasteiger partial charge in [0, 0.05) is 12.3 Å². The maximum absolute atomic E-state index is 12.4. The molecule has 2 aliphatic rings. The monoisotopic (exact) mass is 289 g/mol. The molecule has 1 saturated heterocycles. The molecule has 0 saturated carbocycles. The molecule has 1 aliphatic carbocycles. The number of carbonyl (C=O) groups excluding carboxylic acids is 2. The summed E-state index contributed by atoms with van der Waals surface area (Å²) in [6.07, 6.45) is 3.32. The zero-order chi connectivity index (χ0) is 14.1. The van der Waals surface area contributed by atoms with Crippen LogP contribution >= 0.6 is 12.6 Å². The van der Waals surface area contributed by atoms with Crippen LogP contribution in [-0.4, -0.2) is 23.5 Å². The van der Waals surface area contributed by atoms with E-state index in [1.807, 2.05) is 0 Å². The van der Waals surface area contributed by atoms with Crippen molar-refractivity contribution in [3.8, 4) is 0 Å². The summed E-state index contributed by atoms with van der Waals surface area (Å²) < 4.78 is 0. The van der Waals surface area contributed by atoms with Gasteiger partial charge in [0.05, 0.1) is 6.04 Å². The molecular formula is C16H19NO2S. The lowest BCUT2D eigenvalue weighted by Gasteiger charge is -2.17. The molecule has 3 nitrogen and oxygen atoms in total. The number of benzene rings is 1. The lowest BCUT2D eigenvalue weighted by molar-refractivity contribution is -0.126. The number of thiol groups is 1. The first kappa shape index (κ1) is 13.8. The largest absolute Gasteiger partial charge is 0.306 e. The van der Waals surface area contributed by atoms with E-state index in [0.717, 1.165) is 25.8 Å². The molecule has 1 heterocycles. The first-order valence-electron chi connectivity index (χ1n) is 7.21. The summed E-state index contributed by atoms with van der Waals surface area (Å²) in [7, 11) is 0. The Morgan fingerprint density at radius 3 is 2.45 bits per heavy atom. The zero-order valence-electron chi connectivity index (χ0n) is 11.3. The molecule has 0 radical (unpaired) electrons. The van der Waals surface area contributed by atoms with E-state index in [1.165, 1.54) is 11.1 Å². The highest BCUT2D eigenvalue weighted by atomic mass is 32.1. The summed E-state index contributed by atoms with van der Waals surface area (Å²) in [6, 6.07) is 8.03. The van der Waals surface area contributed by atoms with E-state index >= 15 is 0 Å². The van der Waals surface area contributed by atoms with Gasteiger partial charge in [-0.25, -0.2) is 0 Å². The number of hydrogen-bond donors (Lipinski definition) is 2. The third-order valence-corrected chi connectivity index (χ3v) is 4.81. The number of Topliss-reactive ketones (excluding diaryl/α,β-unsaturated/α-hetero) is 1. The summed E-state index contributed by atoms with van der Waals surface area (Å²) in [5.41, 5.74) is 2.74. The summed E-state index contributed by atoms with van der Waals surface area (Å²) in [5.74, 6) is 0.445. The minimum Gasteiger partial charge on any atom is -0.306 e. The van der Waals surface area contributed by atoms with Crippen molar-refractivity contribution >= 4 is 23.5 Å². The molecule has 1 aliphatic heterocycles. The maximum Gasteiger partial charge on any atom is 0.203 e. The number of nitrogens with one attached hydrogen (secondary N) is 1. The zero-order valence-corrected chi connectivity index (χ0v) is 12.2. The Hall–Kier alpha value is -1.13. The number of fused-ring (bicyclic) bond motifs is 1. The highest BCUT2D eigenvalue weighted by molar-refractivity contribution is 7.96. The quantitative estimate of drug-likeness (QED) is 0.831. The predicted molar refractivity (Wildman–Crippen MR) is 80.9 cm³/mol. The fraction of sp³-hybridized carbons (Fsp3) is 0.500. The molecule has 0 amide bonds. The number of hydrogen-bond acceptors (Lipinski definition) is 3. The van der Waals surface area contributed by atoms with Crippen molar-refractivity contribution in [1.29, 1.82) is 0 Å². The van der Waals surface area contributed by atoms with E-state index in [4.69, 9.17) is 0 Å². The van der Waals surface area contributed by atoms with E-state index < -0.39 is 0 Å². The Kier molecular flexibility index (Phi) is 3.94. The highest BCUT2D eigenvalue weighted by Gasteiger charge is 2.37. The second kappa shape index (κ2) is 5.70. The predicted octanol–water partition coefficient (Wildman–Crippen LogP) is 1.80. The van der Waals surface area contributed by atoms with Crippen LogP contribution in [0.3, 0.4) is 0 Å². The van der Waals surface area contributed by atoms with Gasteiger partial charge < -0.3 is 5.32 Å². The van der Waals surface area contributed by atoms with Gasteiger partial charge in [-0.2, -0.15) is 0 Å². The van der Waals surface area contributed by atoms with Gasteiger partial charge in [0.25, 0.3) is 0 Å². The van der Waals surface area contributed by atoms with Gasteiger partial charge in [-0.15, -0.1) is 12.6 Å². The van der Waals surface area contributed by atoms with Crippen LogP contribution in [0.5, 0.6) is 0 Å². The smallest absolute Gasteiger partial charge is 0.203 e. The van der Waals surface area contributed by atoms with Crippen LogP contribution in [0.25, 0.3) is 0 Å². The fourth-order valence-electron chi connectivity index (χ4n) is 3.54. The topological polar surface area (TPSA) is 46.2 Å². The number of rotatable bonds is 4. The van der Waals surface area contributed by atoms with Crippen molar-refractivity contribution < 1.29 is 9.59 Å². The van der Waals surface area contributed by atoms with E-state index in [0.29, 0.717) is 12.3 Å². The van der Waals surface area contributed by atoms with Crippen molar-refractivity contribution in [2.75, 3.05) is 6.54 Å². The summed E-state index contributed by atoms with van der Waals surface area (Å²) in [4.78, 5) is 23.9. The lowest BCUT2D eigenvalue weighted by atomic mass is 9.88. The summed E-state index contributed by atoms with van der Waals surface area (Å²) in [5, 5.41) is 2.87. The molecular weight excluding hydrogens is 270 g/mol. The number of ketones is 1. The highest BCUT2D eigenvalue weighted by Crippen LogP contribution is 2.31. The first-order chi connectivity index (χ1) is 9.65. The Labute approximate surface area is 124 Å². The van der Waals surface area contributed by atoms with Crippen molar-refractivity contribution in [3.63, 3.8) is 0 Å². The molecule has 2 atom stereocenters. The van der Waals surface area contributed by atoms with Crippen LogP contribution in [0.2, 0.25) is 0 Å². The normalized spacial score (nSPS) is 25.6. The minimum absolute atomic E-state index is 0.177. The average molecular weight is 289 g/mol. The molecule has 1 N–H and O–H groups in total. The average Bonchev–Trinajstić information content (AvgIpc) is 3.04. The van der Waals surface area contributed by atoms with Crippen LogP contribution < -0.4 is 5.32 Å². The van der Waals surface area contributed by atoms with Gasteiger partial charge in [0.2, 0.25) is 5.12 Å². The van der Waals surface area contributed by atoms with E-state index in [2.05, 4.69) is 42.2 Å². The van der Waals surface area contributed by atoms with Crippen molar-refractivity contribution in [1.82, 2.24) is 5.32 Å². The molecule has 1 aromatic rings. The molecule has 106 valence electrons. The summed E-state index contributed by atoms with van der Waals surface area (Å²) in [6.45, 7) is 0.734. The molecule has 3 rings (SSSR count). The molecule has 20 heavy (non-hydrogen) atoms. The van der Waals surface area contributed by atoms with Crippen molar-refractivity contribution in [2.45, 2.75) is 31.7 Å².